The molecule has 0 saturated heterocycles. The second-order valence-corrected chi connectivity index (χ2v) is 8.85. The van der Waals surface area contributed by atoms with Gasteiger partial charge in [-0.25, -0.2) is 0 Å². The molecule has 1 N–H and O–H groups in total. The number of anilines is 1. The van der Waals surface area contributed by atoms with Crippen LogP contribution in [0.5, 0.6) is 0 Å². The maximum Gasteiger partial charge on any atom is 0.268 e. The highest BCUT2D eigenvalue weighted by molar-refractivity contribution is 7.12. The van der Waals surface area contributed by atoms with Crippen molar-refractivity contribution in [1.29, 1.82) is 0 Å². The predicted octanol–water partition coefficient (Wildman–Crippen LogP) is 6.02. The van der Waals surface area contributed by atoms with E-state index >= 15 is 0 Å². The maximum absolute atomic E-state index is 13.3. The Morgan fingerprint density at radius 1 is 0.848 bits per heavy atom. The highest BCUT2D eigenvalue weighted by Crippen LogP contribution is 2.24. The first-order chi connectivity index (χ1) is 16.1. The lowest BCUT2D eigenvalue weighted by molar-refractivity contribution is -0.121. The van der Waals surface area contributed by atoms with E-state index in [4.69, 9.17) is 0 Å². The lowest BCUT2D eigenvalue weighted by atomic mass is 10.1. The molecule has 1 heterocycles. The second kappa shape index (κ2) is 10.7. The first-order valence-electron chi connectivity index (χ1n) is 10.9. The zero-order valence-corrected chi connectivity index (χ0v) is 19.3. The van der Waals surface area contributed by atoms with Crippen molar-refractivity contribution in [3.05, 3.63) is 124 Å². The Bertz CT molecular complexity index is 1190. The van der Waals surface area contributed by atoms with E-state index in [2.05, 4.69) is 5.32 Å². The Morgan fingerprint density at radius 2 is 1.55 bits per heavy atom. The standard InChI is InChI=1S/C28H26N2O2S/c1-21(24-13-6-3-7-14-24)29-27(31)19-23-12-8-15-25(18-23)30(20-22-10-4-2-5-11-22)28(32)26-16-9-17-33-26/h2-18,21H,19-20H2,1H3,(H,29,31). The number of nitrogens with one attached hydrogen (secondary N) is 1. The maximum atomic E-state index is 13.3. The van der Waals surface area contributed by atoms with Crippen molar-refractivity contribution in [2.75, 3.05) is 4.90 Å². The van der Waals surface area contributed by atoms with Crippen LogP contribution in [0.4, 0.5) is 5.69 Å². The summed E-state index contributed by atoms with van der Waals surface area (Å²) in [5, 5.41) is 4.97. The van der Waals surface area contributed by atoms with E-state index in [1.165, 1.54) is 11.3 Å². The summed E-state index contributed by atoms with van der Waals surface area (Å²) >= 11 is 1.43. The summed E-state index contributed by atoms with van der Waals surface area (Å²) in [6.07, 6.45) is 0.247. The van der Waals surface area contributed by atoms with Crippen LogP contribution in [0.1, 0.15) is 39.3 Å². The van der Waals surface area contributed by atoms with Crippen LogP contribution >= 0.6 is 11.3 Å². The molecule has 2 amide bonds. The van der Waals surface area contributed by atoms with Crippen molar-refractivity contribution in [2.45, 2.75) is 25.9 Å². The third-order valence-electron chi connectivity index (χ3n) is 5.42. The van der Waals surface area contributed by atoms with E-state index in [0.717, 1.165) is 22.4 Å². The zero-order chi connectivity index (χ0) is 23.0. The molecule has 5 heteroatoms. The average molecular weight is 455 g/mol. The lowest BCUT2D eigenvalue weighted by Crippen LogP contribution is -2.30. The van der Waals surface area contributed by atoms with Gasteiger partial charge in [-0.15, -0.1) is 11.3 Å². The van der Waals surface area contributed by atoms with Gasteiger partial charge in [0.15, 0.2) is 0 Å². The van der Waals surface area contributed by atoms with Crippen molar-refractivity contribution < 1.29 is 9.59 Å². The van der Waals surface area contributed by atoms with Crippen LogP contribution in [0, 0.1) is 0 Å². The number of hydrogen-bond donors (Lipinski definition) is 1. The van der Waals surface area contributed by atoms with Gasteiger partial charge in [-0.1, -0.05) is 78.9 Å². The van der Waals surface area contributed by atoms with Gasteiger partial charge in [0, 0.05) is 5.69 Å². The number of amides is 2. The van der Waals surface area contributed by atoms with Crippen molar-refractivity contribution in [1.82, 2.24) is 5.32 Å². The van der Waals surface area contributed by atoms with Gasteiger partial charge in [0.05, 0.1) is 23.9 Å². The summed E-state index contributed by atoms with van der Waals surface area (Å²) in [5.41, 5.74) is 3.75. The number of thiophene rings is 1. The molecule has 0 spiro atoms. The number of rotatable bonds is 8. The minimum absolute atomic E-state index is 0.0480. The molecular formula is C28H26N2O2S. The van der Waals surface area contributed by atoms with Crippen molar-refractivity contribution >= 4 is 28.8 Å². The predicted molar refractivity (Wildman–Crippen MR) is 134 cm³/mol. The van der Waals surface area contributed by atoms with E-state index in [-0.39, 0.29) is 24.3 Å². The Balaban J connectivity index is 1.52. The Morgan fingerprint density at radius 3 is 2.24 bits per heavy atom. The summed E-state index contributed by atoms with van der Waals surface area (Å²) in [4.78, 5) is 28.5. The summed E-state index contributed by atoms with van der Waals surface area (Å²) in [6.45, 7) is 2.43. The van der Waals surface area contributed by atoms with Gasteiger partial charge in [-0.3, -0.25) is 9.59 Å². The Labute approximate surface area is 198 Å². The van der Waals surface area contributed by atoms with Gasteiger partial charge in [0.2, 0.25) is 5.91 Å². The molecule has 0 bridgehead atoms. The zero-order valence-electron chi connectivity index (χ0n) is 18.5. The van der Waals surface area contributed by atoms with Gasteiger partial charge in [0.25, 0.3) is 5.91 Å². The second-order valence-electron chi connectivity index (χ2n) is 7.90. The molecule has 4 aromatic rings. The van der Waals surface area contributed by atoms with Crippen molar-refractivity contribution in [3.63, 3.8) is 0 Å². The molecule has 4 nitrogen and oxygen atoms in total. The van der Waals surface area contributed by atoms with Crippen LogP contribution in [0.2, 0.25) is 0 Å². The molecule has 0 fully saturated rings. The van der Waals surface area contributed by atoms with Crippen LogP contribution in [0.15, 0.2) is 102 Å². The van der Waals surface area contributed by atoms with E-state index in [9.17, 15) is 9.59 Å². The highest BCUT2D eigenvalue weighted by atomic mass is 32.1. The van der Waals surface area contributed by atoms with Gasteiger partial charge in [-0.2, -0.15) is 0 Å². The molecule has 3 aromatic carbocycles. The van der Waals surface area contributed by atoms with E-state index in [1.54, 1.807) is 4.90 Å². The third kappa shape index (κ3) is 5.96. The van der Waals surface area contributed by atoms with Crippen LogP contribution in [-0.4, -0.2) is 11.8 Å². The van der Waals surface area contributed by atoms with Crippen LogP contribution in [0.3, 0.4) is 0 Å². The minimum Gasteiger partial charge on any atom is -0.349 e. The first-order valence-corrected chi connectivity index (χ1v) is 11.8. The molecule has 4 rings (SSSR count). The number of benzene rings is 3. The summed E-state index contributed by atoms with van der Waals surface area (Å²) < 4.78 is 0. The SMILES string of the molecule is CC(NC(=O)Cc1cccc(N(Cc2ccccc2)C(=O)c2cccs2)c1)c1ccccc1. The molecule has 1 atom stereocenters. The number of nitrogens with zero attached hydrogens (tertiary/aromatic N) is 1. The molecule has 0 radical (unpaired) electrons. The number of hydrogen-bond acceptors (Lipinski definition) is 3. The first kappa shape index (κ1) is 22.5. The van der Waals surface area contributed by atoms with Gasteiger partial charge >= 0.3 is 0 Å². The van der Waals surface area contributed by atoms with Crippen molar-refractivity contribution in [2.24, 2.45) is 0 Å². The fourth-order valence-electron chi connectivity index (χ4n) is 3.72. The highest BCUT2D eigenvalue weighted by Gasteiger charge is 2.20. The molecular weight excluding hydrogens is 428 g/mol. The molecule has 1 unspecified atom stereocenters. The number of carbonyl (C=O) groups is 2. The van der Waals surface area contributed by atoms with Gasteiger partial charge < -0.3 is 10.2 Å². The van der Waals surface area contributed by atoms with Crippen LogP contribution in [0.25, 0.3) is 0 Å². The molecule has 166 valence electrons. The van der Waals surface area contributed by atoms with E-state index < -0.39 is 0 Å². The molecule has 0 aliphatic carbocycles. The normalized spacial score (nSPS) is 11.5. The molecule has 0 saturated carbocycles. The summed E-state index contributed by atoms with van der Waals surface area (Å²) in [6, 6.07) is 31.1. The fourth-order valence-corrected chi connectivity index (χ4v) is 4.39. The Hall–Kier alpha value is -3.70. The summed E-state index contributed by atoms with van der Waals surface area (Å²) in [5.74, 6) is -0.101. The van der Waals surface area contributed by atoms with Crippen LogP contribution < -0.4 is 10.2 Å². The van der Waals surface area contributed by atoms with E-state index in [1.807, 2.05) is 109 Å². The average Bonchev–Trinajstić information content (AvgIpc) is 3.38. The third-order valence-corrected chi connectivity index (χ3v) is 6.28. The van der Waals surface area contributed by atoms with Crippen LogP contribution in [-0.2, 0) is 17.8 Å². The van der Waals surface area contributed by atoms with Crippen molar-refractivity contribution in [3.8, 4) is 0 Å². The Kier molecular flexibility index (Phi) is 7.33. The molecule has 33 heavy (non-hydrogen) atoms. The largest absolute Gasteiger partial charge is 0.349 e. The van der Waals surface area contributed by atoms with E-state index in [0.29, 0.717) is 11.4 Å². The number of carbonyl (C=O) groups excluding carboxylic acids is 2. The smallest absolute Gasteiger partial charge is 0.268 e. The van der Waals surface area contributed by atoms with Gasteiger partial charge in [-0.05, 0) is 47.2 Å². The summed E-state index contributed by atoms with van der Waals surface area (Å²) in [7, 11) is 0. The molecule has 0 aliphatic rings. The molecule has 1 aromatic heterocycles. The van der Waals surface area contributed by atoms with Gasteiger partial charge in [0.1, 0.15) is 0 Å². The minimum atomic E-state index is -0.0723. The lowest BCUT2D eigenvalue weighted by Gasteiger charge is -2.23. The molecule has 0 aliphatic heterocycles. The topological polar surface area (TPSA) is 49.4 Å². The fraction of sp³-hybridized carbons (Fsp3) is 0.143. The monoisotopic (exact) mass is 454 g/mol. The quantitative estimate of drug-likeness (QED) is 0.354.